The summed E-state index contributed by atoms with van der Waals surface area (Å²) < 4.78 is 56.8. The standard InChI is InChI=1S/C19H19F4N5O2/c1-12-13(11-26-28(12)15-6-4-3-5-14(15)20)16(29)24-8-7-18(30,19(21,22)23)17-25-9-10-27(17)2/h3-6,9-11,30H,7-8H2,1-2H3,(H,24,29). The minimum atomic E-state index is -5.00. The van der Waals surface area contributed by atoms with Crippen LogP contribution < -0.4 is 5.32 Å². The molecule has 2 N–H and O–H groups in total. The molecule has 0 radical (unpaired) electrons. The van der Waals surface area contributed by atoms with E-state index < -0.39 is 42.3 Å². The van der Waals surface area contributed by atoms with Gasteiger partial charge in [-0.3, -0.25) is 4.79 Å². The lowest BCUT2D eigenvalue weighted by Gasteiger charge is -2.29. The number of alkyl halides is 3. The minimum Gasteiger partial charge on any atom is -0.374 e. The van der Waals surface area contributed by atoms with Gasteiger partial charge in [-0.2, -0.15) is 18.3 Å². The molecule has 30 heavy (non-hydrogen) atoms. The summed E-state index contributed by atoms with van der Waals surface area (Å²) in [6.45, 7) is 1.06. The second-order valence-corrected chi connectivity index (χ2v) is 6.73. The van der Waals surface area contributed by atoms with Crippen molar-refractivity contribution < 1.29 is 27.5 Å². The van der Waals surface area contributed by atoms with Gasteiger partial charge in [0.25, 0.3) is 5.91 Å². The van der Waals surface area contributed by atoms with Gasteiger partial charge in [0.15, 0.2) is 0 Å². The normalized spacial score (nSPS) is 13.8. The van der Waals surface area contributed by atoms with Gasteiger partial charge in [-0.25, -0.2) is 14.1 Å². The Morgan fingerprint density at radius 3 is 2.57 bits per heavy atom. The van der Waals surface area contributed by atoms with E-state index >= 15 is 0 Å². The summed E-state index contributed by atoms with van der Waals surface area (Å²) in [5, 5.41) is 16.6. The van der Waals surface area contributed by atoms with Crippen LogP contribution >= 0.6 is 0 Å². The third-order valence-corrected chi connectivity index (χ3v) is 4.77. The van der Waals surface area contributed by atoms with Gasteiger partial charge in [0.2, 0.25) is 5.60 Å². The maximum Gasteiger partial charge on any atom is 0.424 e. The first-order valence-corrected chi connectivity index (χ1v) is 8.91. The quantitative estimate of drug-likeness (QED) is 0.595. The molecular formula is C19H19F4N5O2. The Balaban J connectivity index is 1.75. The summed E-state index contributed by atoms with van der Waals surface area (Å²) >= 11 is 0. The molecular weight excluding hydrogens is 406 g/mol. The first-order chi connectivity index (χ1) is 14.1. The van der Waals surface area contributed by atoms with Crippen LogP contribution in [-0.2, 0) is 12.6 Å². The Labute approximate surface area is 169 Å². The van der Waals surface area contributed by atoms with Gasteiger partial charge in [-0.05, 0) is 19.1 Å². The highest BCUT2D eigenvalue weighted by molar-refractivity contribution is 5.95. The Kier molecular flexibility index (Phi) is 5.66. The number of aryl methyl sites for hydroxylation is 1. The van der Waals surface area contributed by atoms with E-state index in [1.54, 1.807) is 6.07 Å². The number of amides is 1. The topological polar surface area (TPSA) is 85.0 Å². The van der Waals surface area contributed by atoms with Crippen LogP contribution in [0.15, 0.2) is 42.9 Å². The molecule has 0 fully saturated rings. The smallest absolute Gasteiger partial charge is 0.374 e. The van der Waals surface area contributed by atoms with E-state index in [1.165, 1.54) is 49.2 Å². The van der Waals surface area contributed by atoms with Crippen molar-refractivity contribution in [3.8, 4) is 5.69 Å². The number of hydrogen-bond acceptors (Lipinski definition) is 4. The lowest BCUT2D eigenvalue weighted by atomic mass is 9.97. The molecule has 160 valence electrons. The van der Waals surface area contributed by atoms with E-state index in [1.807, 2.05) is 0 Å². The molecule has 0 saturated heterocycles. The summed E-state index contributed by atoms with van der Waals surface area (Å²) in [4.78, 5) is 16.0. The first kappa shape index (κ1) is 21.5. The highest BCUT2D eigenvalue weighted by atomic mass is 19.4. The first-order valence-electron chi connectivity index (χ1n) is 8.91. The molecule has 11 heteroatoms. The number of aromatic nitrogens is 4. The molecule has 1 unspecified atom stereocenters. The maximum atomic E-state index is 14.0. The van der Waals surface area contributed by atoms with E-state index in [2.05, 4.69) is 15.4 Å². The highest BCUT2D eigenvalue weighted by Crippen LogP contribution is 2.40. The molecule has 0 spiro atoms. The van der Waals surface area contributed by atoms with Crippen LogP contribution in [0.5, 0.6) is 0 Å². The van der Waals surface area contributed by atoms with Crippen molar-refractivity contribution in [2.75, 3.05) is 6.54 Å². The van der Waals surface area contributed by atoms with Crippen LogP contribution in [-0.4, -0.2) is 43.1 Å². The van der Waals surface area contributed by atoms with Gasteiger partial charge in [0, 0.05) is 32.4 Å². The molecule has 1 atom stereocenters. The molecule has 0 bridgehead atoms. The lowest BCUT2D eigenvalue weighted by molar-refractivity contribution is -0.272. The maximum absolute atomic E-state index is 14.0. The number of carbonyl (C=O) groups excluding carboxylic acids is 1. The molecule has 0 aliphatic heterocycles. The van der Waals surface area contributed by atoms with Crippen molar-refractivity contribution in [1.29, 1.82) is 0 Å². The molecule has 7 nitrogen and oxygen atoms in total. The van der Waals surface area contributed by atoms with Gasteiger partial charge in [-0.15, -0.1) is 0 Å². The molecule has 2 aromatic heterocycles. The molecule has 0 aliphatic rings. The predicted molar refractivity (Wildman–Crippen MR) is 98.4 cm³/mol. The number of imidazole rings is 1. The zero-order valence-corrected chi connectivity index (χ0v) is 16.1. The fourth-order valence-electron chi connectivity index (χ4n) is 3.10. The number of carbonyl (C=O) groups is 1. The number of para-hydroxylation sites is 1. The predicted octanol–water partition coefficient (Wildman–Crippen LogP) is 2.62. The zero-order valence-electron chi connectivity index (χ0n) is 16.1. The average molecular weight is 425 g/mol. The van der Waals surface area contributed by atoms with Crippen LogP contribution in [0.1, 0.15) is 28.3 Å². The average Bonchev–Trinajstić information content (AvgIpc) is 3.27. The molecule has 1 aromatic carbocycles. The Bertz CT molecular complexity index is 1060. The van der Waals surface area contributed by atoms with Crippen molar-refractivity contribution in [1.82, 2.24) is 24.6 Å². The van der Waals surface area contributed by atoms with Crippen molar-refractivity contribution in [2.45, 2.75) is 25.1 Å². The Morgan fingerprint density at radius 1 is 1.27 bits per heavy atom. The second-order valence-electron chi connectivity index (χ2n) is 6.73. The second kappa shape index (κ2) is 7.90. The third-order valence-electron chi connectivity index (χ3n) is 4.77. The van der Waals surface area contributed by atoms with Crippen molar-refractivity contribution in [3.05, 3.63) is 65.8 Å². The molecule has 3 aromatic rings. The number of benzene rings is 1. The minimum absolute atomic E-state index is 0.0748. The molecule has 0 saturated carbocycles. The van der Waals surface area contributed by atoms with Crippen LogP contribution in [0.4, 0.5) is 17.6 Å². The fraction of sp³-hybridized carbons (Fsp3) is 0.316. The van der Waals surface area contributed by atoms with Crippen LogP contribution in [0, 0.1) is 12.7 Å². The van der Waals surface area contributed by atoms with E-state index in [9.17, 15) is 27.5 Å². The van der Waals surface area contributed by atoms with E-state index in [0.717, 1.165) is 10.8 Å². The summed E-state index contributed by atoms with van der Waals surface area (Å²) in [7, 11) is 1.33. The van der Waals surface area contributed by atoms with Gasteiger partial charge in [-0.1, -0.05) is 12.1 Å². The van der Waals surface area contributed by atoms with Gasteiger partial charge >= 0.3 is 6.18 Å². The Hall–Kier alpha value is -3.21. The number of nitrogens with zero attached hydrogens (tertiary/aromatic N) is 4. The van der Waals surface area contributed by atoms with Crippen molar-refractivity contribution >= 4 is 5.91 Å². The summed E-state index contributed by atoms with van der Waals surface area (Å²) in [5.74, 6) is -1.81. The van der Waals surface area contributed by atoms with Crippen LogP contribution in [0.2, 0.25) is 0 Å². The number of nitrogens with one attached hydrogen (secondary N) is 1. The number of halogens is 4. The van der Waals surface area contributed by atoms with Crippen molar-refractivity contribution in [2.24, 2.45) is 7.05 Å². The highest BCUT2D eigenvalue weighted by Gasteiger charge is 2.57. The van der Waals surface area contributed by atoms with Gasteiger partial charge in [0.1, 0.15) is 17.3 Å². The largest absolute Gasteiger partial charge is 0.424 e. The third kappa shape index (κ3) is 3.80. The SMILES string of the molecule is Cc1c(C(=O)NCCC(O)(c2nccn2C)C(F)(F)F)cnn1-c1ccccc1F. The van der Waals surface area contributed by atoms with Gasteiger partial charge in [0.05, 0.1) is 17.5 Å². The monoisotopic (exact) mass is 425 g/mol. The van der Waals surface area contributed by atoms with E-state index in [0.29, 0.717) is 5.69 Å². The molecule has 0 aliphatic carbocycles. The molecule has 1 amide bonds. The van der Waals surface area contributed by atoms with E-state index in [4.69, 9.17) is 0 Å². The van der Waals surface area contributed by atoms with Gasteiger partial charge < -0.3 is 15.0 Å². The number of hydrogen-bond donors (Lipinski definition) is 2. The summed E-state index contributed by atoms with van der Waals surface area (Å²) in [5.41, 5.74) is -2.71. The van der Waals surface area contributed by atoms with E-state index in [-0.39, 0.29) is 11.3 Å². The van der Waals surface area contributed by atoms with Crippen LogP contribution in [0.25, 0.3) is 5.69 Å². The molecule has 2 heterocycles. The summed E-state index contributed by atoms with van der Waals surface area (Å²) in [6, 6.07) is 5.84. The zero-order chi connectivity index (χ0) is 22.1. The number of rotatable bonds is 6. The lowest BCUT2D eigenvalue weighted by Crippen LogP contribution is -2.46. The summed E-state index contributed by atoms with van der Waals surface area (Å²) in [6.07, 6.45) is -2.21. The molecule has 3 rings (SSSR count). The Morgan fingerprint density at radius 2 is 1.97 bits per heavy atom. The van der Waals surface area contributed by atoms with Crippen LogP contribution in [0.3, 0.4) is 0 Å². The number of aliphatic hydroxyl groups is 1. The fourth-order valence-corrected chi connectivity index (χ4v) is 3.10. The van der Waals surface area contributed by atoms with Crippen molar-refractivity contribution in [3.63, 3.8) is 0 Å².